The number of hydrogen-bond acceptors (Lipinski definition) is 2. The summed E-state index contributed by atoms with van der Waals surface area (Å²) in [6.45, 7) is 0. The van der Waals surface area contributed by atoms with Gasteiger partial charge >= 0.3 is 0 Å². The average Bonchev–Trinajstić information content (AvgIpc) is 2.67. The lowest BCUT2D eigenvalue weighted by molar-refractivity contribution is 0.824. The minimum absolute atomic E-state index is 0. The fourth-order valence-corrected chi connectivity index (χ4v) is 1.36. The molecule has 0 amide bonds. The van der Waals surface area contributed by atoms with E-state index in [4.69, 9.17) is 0 Å². The third-order valence-corrected chi connectivity index (χ3v) is 2.11. The molecule has 0 aromatic carbocycles. The molecule has 2 heterocycles. The van der Waals surface area contributed by atoms with Crippen LogP contribution in [0.5, 0.6) is 0 Å². The van der Waals surface area contributed by atoms with Gasteiger partial charge < -0.3 is 5.48 Å². The van der Waals surface area contributed by atoms with E-state index in [1.807, 2.05) is 45.8 Å². The smallest absolute Gasteiger partial charge is 0.00934 e. The molecule has 3 heteroatoms. The fraction of sp³-hybridized carbons (Fsp3) is 0. The van der Waals surface area contributed by atoms with Crippen molar-refractivity contribution in [3.63, 3.8) is 0 Å². The molecule has 2 aromatic heterocycles. The van der Waals surface area contributed by atoms with Gasteiger partial charge in [-0.2, -0.15) is 22.7 Å². The van der Waals surface area contributed by atoms with Gasteiger partial charge in [0.1, 0.15) is 0 Å². The first-order valence-corrected chi connectivity index (χ1v) is 4.83. The van der Waals surface area contributed by atoms with E-state index in [2.05, 4.69) is 0 Å². The van der Waals surface area contributed by atoms with Gasteiger partial charge in [0.25, 0.3) is 0 Å². The molecule has 0 saturated carbocycles. The summed E-state index contributed by atoms with van der Waals surface area (Å²) in [6, 6.07) is 8.07. The van der Waals surface area contributed by atoms with Crippen LogP contribution in [0.1, 0.15) is 0 Å². The molecule has 0 atom stereocenters. The molecule has 2 N–H and O–H groups in total. The fourth-order valence-electron chi connectivity index (χ4n) is 0.454. The lowest BCUT2D eigenvalue weighted by Crippen LogP contribution is -1.16. The molecular weight excluding hydrogens is 176 g/mol. The topological polar surface area (TPSA) is 31.5 Å². The summed E-state index contributed by atoms with van der Waals surface area (Å²) in [6.07, 6.45) is 0. The molecule has 0 aliphatic carbocycles. The Morgan fingerprint density at radius 1 is 0.545 bits per heavy atom. The van der Waals surface area contributed by atoms with Crippen LogP contribution in [0, 0.1) is 0 Å². The highest BCUT2D eigenvalue weighted by molar-refractivity contribution is 7.08. The summed E-state index contributed by atoms with van der Waals surface area (Å²) in [5, 5.41) is 8.17. The Labute approximate surface area is 74.3 Å². The van der Waals surface area contributed by atoms with Gasteiger partial charge in [0.2, 0.25) is 0 Å². The van der Waals surface area contributed by atoms with Crippen LogP contribution in [-0.4, -0.2) is 5.48 Å². The first kappa shape index (κ1) is 10.4. The minimum atomic E-state index is 0. The van der Waals surface area contributed by atoms with Gasteiger partial charge in [-0.05, 0) is 21.5 Å². The summed E-state index contributed by atoms with van der Waals surface area (Å²) in [5.74, 6) is 0. The monoisotopic (exact) mass is 186 g/mol. The Hall–Kier alpha value is -0.640. The second-order valence-corrected chi connectivity index (χ2v) is 3.22. The Morgan fingerprint density at radius 3 is 0.909 bits per heavy atom. The van der Waals surface area contributed by atoms with Crippen LogP contribution in [0.15, 0.2) is 45.8 Å². The van der Waals surface area contributed by atoms with Gasteiger partial charge in [-0.3, -0.25) is 0 Å². The molecule has 0 fully saturated rings. The first-order chi connectivity index (χ1) is 5.00. The van der Waals surface area contributed by atoms with Crippen molar-refractivity contribution in [3.05, 3.63) is 45.8 Å². The van der Waals surface area contributed by atoms with Crippen LogP contribution in [-0.2, 0) is 0 Å². The molecule has 0 aliphatic rings. The molecular formula is C8H10OS2. The van der Waals surface area contributed by atoms with E-state index < -0.39 is 0 Å². The number of thiophene rings is 2. The van der Waals surface area contributed by atoms with Crippen LogP contribution in [0.25, 0.3) is 0 Å². The summed E-state index contributed by atoms with van der Waals surface area (Å²) in [4.78, 5) is 0. The maximum absolute atomic E-state index is 2.04. The highest BCUT2D eigenvalue weighted by Gasteiger charge is 1.59. The van der Waals surface area contributed by atoms with E-state index in [0.29, 0.717) is 0 Å². The van der Waals surface area contributed by atoms with Crippen LogP contribution in [0.4, 0.5) is 0 Å². The normalized spacial score (nSPS) is 7.27. The van der Waals surface area contributed by atoms with Crippen molar-refractivity contribution in [1.82, 2.24) is 0 Å². The molecule has 11 heavy (non-hydrogen) atoms. The molecule has 2 rings (SSSR count). The zero-order valence-corrected chi connectivity index (χ0v) is 7.57. The van der Waals surface area contributed by atoms with E-state index in [1.165, 1.54) is 0 Å². The minimum Gasteiger partial charge on any atom is -0.412 e. The summed E-state index contributed by atoms with van der Waals surface area (Å²) in [5.41, 5.74) is 0. The Bertz CT molecular complexity index is 151. The van der Waals surface area contributed by atoms with Gasteiger partial charge in [-0.15, -0.1) is 0 Å². The third kappa shape index (κ3) is 5.79. The second kappa shape index (κ2) is 7.47. The SMILES string of the molecule is O.c1ccsc1.c1ccsc1. The third-order valence-electron chi connectivity index (χ3n) is 0.851. The standard InChI is InChI=1S/2C4H4S.H2O/c2*1-2-4-5-3-1;/h2*1-4H;1H2. The molecule has 0 saturated heterocycles. The highest BCUT2D eigenvalue weighted by Crippen LogP contribution is 1.92. The Morgan fingerprint density at radius 2 is 0.818 bits per heavy atom. The molecule has 60 valence electrons. The molecule has 0 unspecified atom stereocenters. The van der Waals surface area contributed by atoms with E-state index in [0.717, 1.165) is 0 Å². The van der Waals surface area contributed by atoms with Crippen molar-refractivity contribution in [2.75, 3.05) is 0 Å². The summed E-state index contributed by atoms with van der Waals surface area (Å²) in [7, 11) is 0. The zero-order valence-electron chi connectivity index (χ0n) is 5.94. The molecule has 0 bridgehead atoms. The molecule has 1 nitrogen and oxygen atoms in total. The van der Waals surface area contributed by atoms with Crippen molar-refractivity contribution in [2.24, 2.45) is 0 Å². The van der Waals surface area contributed by atoms with Crippen LogP contribution >= 0.6 is 22.7 Å². The van der Waals surface area contributed by atoms with E-state index >= 15 is 0 Å². The van der Waals surface area contributed by atoms with E-state index in [1.54, 1.807) is 22.7 Å². The zero-order chi connectivity index (χ0) is 7.07. The second-order valence-electron chi connectivity index (χ2n) is 1.59. The first-order valence-electron chi connectivity index (χ1n) is 2.94. The molecule has 0 spiro atoms. The predicted octanol–water partition coefficient (Wildman–Crippen LogP) is 2.67. The number of hydrogen-bond donors (Lipinski definition) is 0. The van der Waals surface area contributed by atoms with Gasteiger partial charge in [0.15, 0.2) is 0 Å². The molecule has 0 aliphatic heterocycles. The van der Waals surface area contributed by atoms with Gasteiger partial charge in [0, 0.05) is 0 Å². The quantitative estimate of drug-likeness (QED) is 0.606. The molecule has 0 radical (unpaired) electrons. The predicted molar refractivity (Wildman–Crippen MR) is 52.3 cm³/mol. The van der Waals surface area contributed by atoms with E-state index in [-0.39, 0.29) is 5.48 Å². The van der Waals surface area contributed by atoms with Crippen molar-refractivity contribution in [2.45, 2.75) is 0 Å². The van der Waals surface area contributed by atoms with Crippen LogP contribution in [0.2, 0.25) is 0 Å². The maximum Gasteiger partial charge on any atom is -0.00934 e. The van der Waals surface area contributed by atoms with Gasteiger partial charge in [-0.1, -0.05) is 24.3 Å². The van der Waals surface area contributed by atoms with Gasteiger partial charge in [0.05, 0.1) is 0 Å². The maximum atomic E-state index is 2.04. The summed E-state index contributed by atoms with van der Waals surface area (Å²) < 4.78 is 0. The van der Waals surface area contributed by atoms with E-state index in [9.17, 15) is 0 Å². The van der Waals surface area contributed by atoms with Crippen molar-refractivity contribution >= 4 is 22.7 Å². The highest BCUT2D eigenvalue weighted by atomic mass is 32.1. The van der Waals surface area contributed by atoms with Gasteiger partial charge in [-0.25, -0.2) is 0 Å². The van der Waals surface area contributed by atoms with Crippen LogP contribution in [0.3, 0.4) is 0 Å². The number of rotatable bonds is 0. The largest absolute Gasteiger partial charge is 0.412 e. The van der Waals surface area contributed by atoms with Crippen molar-refractivity contribution < 1.29 is 5.48 Å². The molecule has 2 aromatic rings. The van der Waals surface area contributed by atoms with Crippen molar-refractivity contribution in [1.29, 1.82) is 0 Å². The van der Waals surface area contributed by atoms with Crippen molar-refractivity contribution in [3.8, 4) is 0 Å². The lowest BCUT2D eigenvalue weighted by Gasteiger charge is -1.39. The average molecular weight is 186 g/mol. The lowest BCUT2D eigenvalue weighted by atomic mass is 10.7. The Balaban J connectivity index is 0.000000167. The Kier molecular flexibility index (Phi) is 7.03. The van der Waals surface area contributed by atoms with Crippen LogP contribution < -0.4 is 0 Å². The summed E-state index contributed by atoms with van der Waals surface area (Å²) >= 11 is 3.43.